The van der Waals surface area contributed by atoms with Crippen LogP contribution in [0.1, 0.15) is 36.1 Å². The lowest BCUT2D eigenvalue weighted by Gasteiger charge is -2.39. The van der Waals surface area contributed by atoms with E-state index in [9.17, 15) is 4.79 Å². The Morgan fingerprint density at radius 3 is 2.58 bits per heavy atom. The van der Waals surface area contributed by atoms with Crippen molar-refractivity contribution in [2.45, 2.75) is 19.4 Å². The summed E-state index contributed by atoms with van der Waals surface area (Å²) < 4.78 is 5.51. The summed E-state index contributed by atoms with van der Waals surface area (Å²) in [6.07, 6.45) is 6.27. The second-order valence-corrected chi connectivity index (χ2v) is 8.90. The van der Waals surface area contributed by atoms with Crippen LogP contribution in [0.2, 0.25) is 0 Å². The molecule has 1 aliphatic rings. The lowest BCUT2D eigenvalue weighted by Crippen LogP contribution is -2.31. The van der Waals surface area contributed by atoms with Gasteiger partial charge in [-0.3, -0.25) is 9.78 Å². The summed E-state index contributed by atoms with van der Waals surface area (Å²) in [5.41, 5.74) is 7.67. The molecule has 2 aromatic heterocycles. The predicted octanol–water partition coefficient (Wildman–Crippen LogP) is 6.86. The minimum atomic E-state index is -0.128. The second kappa shape index (κ2) is 9.04. The van der Waals surface area contributed by atoms with Gasteiger partial charge in [0.1, 0.15) is 11.5 Å². The van der Waals surface area contributed by atoms with Crippen molar-refractivity contribution in [1.82, 2.24) is 4.98 Å². The van der Waals surface area contributed by atoms with Crippen LogP contribution in [0.5, 0.6) is 5.75 Å². The van der Waals surface area contributed by atoms with Gasteiger partial charge in [-0.25, -0.2) is 0 Å². The van der Waals surface area contributed by atoms with E-state index in [2.05, 4.69) is 75.3 Å². The Hall–Kier alpha value is -3.70. The molecule has 33 heavy (non-hydrogen) atoms. The topological polar surface area (TPSA) is 42.4 Å². The lowest BCUT2D eigenvalue weighted by atomic mass is 9.88. The predicted molar refractivity (Wildman–Crippen MR) is 135 cm³/mol. The van der Waals surface area contributed by atoms with Crippen LogP contribution in [0.15, 0.2) is 83.8 Å². The Morgan fingerprint density at radius 1 is 1.06 bits per heavy atom. The van der Waals surface area contributed by atoms with Crippen LogP contribution in [0, 0.1) is 0 Å². The van der Waals surface area contributed by atoms with Crippen molar-refractivity contribution in [2.24, 2.45) is 0 Å². The summed E-state index contributed by atoms with van der Waals surface area (Å²) in [5.74, 6) is 0.943. The first kappa shape index (κ1) is 21.2. The number of ketones is 1. The fourth-order valence-electron chi connectivity index (χ4n) is 4.40. The normalized spacial score (nSPS) is 15.0. The van der Waals surface area contributed by atoms with Crippen LogP contribution in [0.25, 0.3) is 22.9 Å². The van der Waals surface area contributed by atoms with Gasteiger partial charge < -0.3 is 9.64 Å². The molecule has 0 aliphatic carbocycles. The Balaban J connectivity index is 1.65. The molecular formula is C28H24N2O2S. The minimum absolute atomic E-state index is 0.128. The molecule has 0 bridgehead atoms. The molecule has 0 saturated carbocycles. The average Bonchev–Trinajstić information content (AvgIpc) is 3.39. The number of ether oxygens (including phenoxy) is 1. The molecule has 164 valence electrons. The van der Waals surface area contributed by atoms with E-state index >= 15 is 0 Å². The van der Waals surface area contributed by atoms with Crippen LogP contribution in [0.4, 0.5) is 5.69 Å². The Morgan fingerprint density at radius 2 is 1.91 bits per heavy atom. The van der Waals surface area contributed by atoms with Gasteiger partial charge in [0.2, 0.25) is 0 Å². The largest absolute Gasteiger partial charge is 0.497 e. The molecule has 1 unspecified atom stereocenters. The second-order valence-electron chi connectivity index (χ2n) is 8.12. The van der Waals surface area contributed by atoms with Gasteiger partial charge in [0.15, 0.2) is 0 Å². The Kier molecular flexibility index (Phi) is 5.80. The van der Waals surface area contributed by atoms with Crippen LogP contribution in [-0.2, 0) is 4.79 Å². The molecule has 1 aliphatic heterocycles. The van der Waals surface area contributed by atoms with E-state index in [1.165, 1.54) is 0 Å². The Bertz CT molecular complexity index is 1300. The number of carbonyl (C=O) groups is 1. The number of hydrogen-bond donors (Lipinski definition) is 0. The maximum atomic E-state index is 12.4. The number of Topliss-reactive ketones (excluding diaryl/α,β-unsaturated/α-hetero) is 1. The third-order valence-corrected chi connectivity index (χ3v) is 6.64. The fourth-order valence-corrected chi connectivity index (χ4v) is 5.05. The van der Waals surface area contributed by atoms with Crippen molar-refractivity contribution in [3.8, 4) is 16.9 Å². The highest BCUT2D eigenvalue weighted by atomic mass is 32.1. The fraction of sp³-hybridized carbons (Fsp3) is 0.143. The van der Waals surface area contributed by atoms with Crippen molar-refractivity contribution in [2.75, 3.05) is 12.0 Å². The van der Waals surface area contributed by atoms with Gasteiger partial charge in [-0.15, -0.1) is 0 Å². The van der Waals surface area contributed by atoms with Crippen LogP contribution >= 0.6 is 11.3 Å². The van der Waals surface area contributed by atoms with Gasteiger partial charge in [-0.2, -0.15) is 11.3 Å². The summed E-state index contributed by atoms with van der Waals surface area (Å²) in [4.78, 5) is 18.9. The number of hydrogen-bond acceptors (Lipinski definition) is 5. The number of aromatic nitrogens is 1. The maximum Gasteiger partial charge on any atom is 0.132 e. The van der Waals surface area contributed by atoms with E-state index in [4.69, 9.17) is 4.74 Å². The van der Waals surface area contributed by atoms with Crippen molar-refractivity contribution >= 4 is 34.6 Å². The third kappa shape index (κ3) is 4.20. The number of benzene rings is 2. The highest BCUT2D eigenvalue weighted by Gasteiger charge is 2.32. The molecule has 0 spiro atoms. The third-order valence-electron chi connectivity index (χ3n) is 5.95. The van der Waals surface area contributed by atoms with Gasteiger partial charge in [0, 0.05) is 35.4 Å². The summed E-state index contributed by atoms with van der Waals surface area (Å²) in [6.45, 7) is 1.66. The minimum Gasteiger partial charge on any atom is -0.497 e. The van der Waals surface area contributed by atoms with Gasteiger partial charge >= 0.3 is 0 Å². The molecule has 0 saturated heterocycles. The number of carbonyl (C=O) groups excluding carboxylic acids is 1. The number of anilines is 1. The first-order chi connectivity index (χ1) is 16.1. The number of methoxy groups -OCH3 is 1. The Labute approximate surface area is 197 Å². The molecule has 0 amide bonds. The molecule has 4 nitrogen and oxygen atoms in total. The lowest BCUT2D eigenvalue weighted by molar-refractivity contribution is -0.117. The molecule has 2 aromatic carbocycles. The van der Waals surface area contributed by atoms with Crippen molar-refractivity contribution in [1.29, 1.82) is 0 Å². The highest BCUT2D eigenvalue weighted by Crippen LogP contribution is 2.45. The number of pyridine rings is 1. The molecule has 5 heteroatoms. The van der Waals surface area contributed by atoms with E-state index < -0.39 is 0 Å². The maximum absolute atomic E-state index is 12.4. The molecule has 0 radical (unpaired) electrons. The van der Waals surface area contributed by atoms with Gasteiger partial charge in [0.25, 0.3) is 0 Å². The molecule has 0 N–H and O–H groups in total. The van der Waals surface area contributed by atoms with Crippen LogP contribution in [-0.4, -0.2) is 17.9 Å². The number of rotatable bonds is 6. The van der Waals surface area contributed by atoms with Crippen molar-refractivity contribution in [3.05, 3.63) is 101 Å². The quantitative estimate of drug-likeness (QED) is 0.321. The molecule has 4 aromatic rings. The van der Waals surface area contributed by atoms with Crippen LogP contribution < -0.4 is 9.64 Å². The van der Waals surface area contributed by atoms with Crippen LogP contribution in [0.3, 0.4) is 0 Å². The zero-order valence-electron chi connectivity index (χ0n) is 18.6. The van der Waals surface area contributed by atoms with E-state index in [0.29, 0.717) is 6.42 Å². The number of thiophene rings is 1. The monoisotopic (exact) mass is 452 g/mol. The van der Waals surface area contributed by atoms with E-state index in [0.717, 1.165) is 45.0 Å². The van der Waals surface area contributed by atoms with Gasteiger partial charge in [0.05, 0.1) is 18.8 Å². The highest BCUT2D eigenvalue weighted by molar-refractivity contribution is 7.08. The summed E-state index contributed by atoms with van der Waals surface area (Å²) in [6, 6.07) is 20.6. The first-order valence-electron chi connectivity index (χ1n) is 10.9. The number of fused-ring (bicyclic) bond motifs is 1. The zero-order valence-corrected chi connectivity index (χ0v) is 19.4. The van der Waals surface area contributed by atoms with E-state index in [1.807, 2.05) is 18.3 Å². The van der Waals surface area contributed by atoms with Crippen molar-refractivity contribution < 1.29 is 9.53 Å². The van der Waals surface area contributed by atoms with E-state index in [-0.39, 0.29) is 11.8 Å². The molecular weight excluding hydrogens is 428 g/mol. The summed E-state index contributed by atoms with van der Waals surface area (Å²) in [5, 5.41) is 4.24. The molecule has 1 atom stereocenters. The van der Waals surface area contributed by atoms with Gasteiger partial charge in [-0.05, 0) is 77.0 Å². The first-order valence-corrected chi connectivity index (χ1v) is 11.8. The molecule has 5 rings (SSSR count). The standard InChI is InChI=1S/C28H24N2O2S/c1-19(31)14-28-26-16-25(32-2)10-7-21(26)15-27(23-11-13-33-18-23)30(28)24-8-5-20(6-9-24)22-4-3-12-29-17-22/h3-13,15-18,28H,14H2,1-2H3. The smallest absolute Gasteiger partial charge is 0.132 e. The zero-order chi connectivity index (χ0) is 22.8. The summed E-state index contributed by atoms with van der Waals surface area (Å²) in [7, 11) is 1.67. The molecule has 0 fully saturated rings. The summed E-state index contributed by atoms with van der Waals surface area (Å²) >= 11 is 1.67. The SMILES string of the molecule is COc1ccc2c(c1)C(CC(C)=O)N(c1ccc(-c3cccnc3)cc1)C(c1ccsc1)=C2. The van der Waals surface area contributed by atoms with Gasteiger partial charge in [-0.1, -0.05) is 24.3 Å². The van der Waals surface area contributed by atoms with E-state index in [1.54, 1.807) is 31.6 Å². The molecule has 3 heterocycles. The number of nitrogens with zero attached hydrogens (tertiary/aromatic N) is 2. The average molecular weight is 453 g/mol. The van der Waals surface area contributed by atoms with Crippen molar-refractivity contribution in [3.63, 3.8) is 0 Å².